The highest BCUT2D eigenvalue weighted by Gasteiger charge is 2.43. The fraction of sp³-hybridized carbons (Fsp3) is 0.435. The third kappa shape index (κ3) is 4.89. The predicted molar refractivity (Wildman–Crippen MR) is 110 cm³/mol. The summed E-state index contributed by atoms with van der Waals surface area (Å²) in [5.41, 5.74) is 2.57. The topological polar surface area (TPSA) is 60.0 Å². The first-order valence-corrected chi connectivity index (χ1v) is 10.2. The summed E-state index contributed by atoms with van der Waals surface area (Å²) in [6.07, 6.45) is 2.29. The van der Waals surface area contributed by atoms with E-state index in [2.05, 4.69) is 17.4 Å². The Morgan fingerprint density at radius 1 is 1.03 bits per heavy atom. The van der Waals surface area contributed by atoms with Crippen LogP contribution in [-0.4, -0.2) is 50.8 Å². The molecule has 0 spiro atoms. The highest BCUT2D eigenvalue weighted by Crippen LogP contribution is 2.46. The summed E-state index contributed by atoms with van der Waals surface area (Å²) in [5.74, 6) is 1.60. The van der Waals surface area contributed by atoms with E-state index in [1.807, 2.05) is 36.4 Å². The van der Waals surface area contributed by atoms with Crippen molar-refractivity contribution in [2.24, 2.45) is 0 Å². The molecule has 4 rings (SSSR count). The van der Waals surface area contributed by atoms with Crippen LogP contribution in [0.3, 0.4) is 0 Å². The molecular formula is C23H28N2O4. The number of methoxy groups -OCH3 is 1. The van der Waals surface area contributed by atoms with Gasteiger partial charge in [0.1, 0.15) is 11.5 Å². The van der Waals surface area contributed by atoms with Gasteiger partial charge in [0, 0.05) is 25.2 Å². The third-order valence-electron chi connectivity index (χ3n) is 5.67. The summed E-state index contributed by atoms with van der Waals surface area (Å²) >= 11 is 0. The van der Waals surface area contributed by atoms with Crippen molar-refractivity contribution in [3.8, 4) is 11.5 Å². The Balaban J connectivity index is 1.26. The van der Waals surface area contributed by atoms with Gasteiger partial charge in [0.15, 0.2) is 6.61 Å². The molecule has 0 radical (unpaired) electrons. The van der Waals surface area contributed by atoms with Gasteiger partial charge in [0.05, 0.1) is 20.3 Å². The van der Waals surface area contributed by atoms with Crippen LogP contribution < -0.4 is 14.8 Å². The Hall–Kier alpha value is -2.57. The molecule has 154 valence electrons. The molecule has 0 atom stereocenters. The molecule has 2 fully saturated rings. The number of hydrogen-bond acceptors (Lipinski definition) is 5. The average Bonchev–Trinajstić information content (AvgIpc) is 3.58. The van der Waals surface area contributed by atoms with E-state index in [9.17, 15) is 4.79 Å². The number of rotatable bonds is 8. The second-order valence-corrected chi connectivity index (χ2v) is 7.59. The molecule has 0 bridgehead atoms. The number of ether oxygens (including phenoxy) is 3. The van der Waals surface area contributed by atoms with Gasteiger partial charge < -0.3 is 24.4 Å². The van der Waals surface area contributed by atoms with Gasteiger partial charge in [-0.25, -0.2) is 0 Å². The second kappa shape index (κ2) is 8.84. The van der Waals surface area contributed by atoms with E-state index < -0.39 is 0 Å². The van der Waals surface area contributed by atoms with Crippen LogP contribution in [0, 0.1) is 0 Å². The molecule has 1 heterocycles. The van der Waals surface area contributed by atoms with Crippen molar-refractivity contribution in [1.29, 1.82) is 0 Å². The molecule has 6 nitrogen and oxygen atoms in total. The quantitative estimate of drug-likeness (QED) is 0.744. The number of amides is 1. The maximum atomic E-state index is 12.2. The molecule has 2 aliphatic rings. The van der Waals surface area contributed by atoms with E-state index in [0.29, 0.717) is 32.1 Å². The average molecular weight is 396 g/mol. The lowest BCUT2D eigenvalue weighted by Gasteiger charge is -2.26. The molecule has 0 unspecified atom stereocenters. The highest BCUT2D eigenvalue weighted by atomic mass is 16.5. The second-order valence-electron chi connectivity index (χ2n) is 7.59. The number of morpholine rings is 1. The maximum absolute atomic E-state index is 12.2. The van der Waals surface area contributed by atoms with Crippen molar-refractivity contribution in [3.05, 3.63) is 59.7 Å². The zero-order valence-electron chi connectivity index (χ0n) is 16.9. The number of nitrogens with one attached hydrogen (secondary N) is 1. The van der Waals surface area contributed by atoms with Crippen molar-refractivity contribution in [2.45, 2.75) is 24.9 Å². The van der Waals surface area contributed by atoms with Gasteiger partial charge in [0.25, 0.3) is 5.91 Å². The minimum atomic E-state index is 0.00853. The van der Waals surface area contributed by atoms with Crippen molar-refractivity contribution >= 4 is 5.91 Å². The molecule has 0 aromatic heterocycles. The summed E-state index contributed by atoms with van der Waals surface area (Å²) in [4.78, 5) is 13.9. The molecule has 1 aliphatic heterocycles. The summed E-state index contributed by atoms with van der Waals surface area (Å²) in [6, 6.07) is 16.3. The molecule has 1 N–H and O–H groups in total. The number of benzene rings is 2. The number of carbonyl (C=O) groups is 1. The van der Waals surface area contributed by atoms with Crippen molar-refractivity contribution in [2.75, 3.05) is 40.0 Å². The lowest BCUT2D eigenvalue weighted by molar-refractivity contribution is -0.137. The molecule has 1 saturated heterocycles. The fourth-order valence-corrected chi connectivity index (χ4v) is 3.63. The molecule has 1 saturated carbocycles. The summed E-state index contributed by atoms with van der Waals surface area (Å²) in [6.45, 7) is 3.35. The minimum Gasteiger partial charge on any atom is -0.497 e. The largest absolute Gasteiger partial charge is 0.497 e. The molecule has 29 heavy (non-hydrogen) atoms. The summed E-state index contributed by atoms with van der Waals surface area (Å²) in [7, 11) is 1.69. The molecule has 1 amide bonds. The molecule has 2 aromatic carbocycles. The Kier molecular flexibility index (Phi) is 6.02. The zero-order chi connectivity index (χ0) is 20.1. The first-order valence-electron chi connectivity index (χ1n) is 10.2. The van der Waals surface area contributed by atoms with E-state index in [1.54, 1.807) is 12.0 Å². The number of nitrogens with zero attached hydrogens (tertiary/aromatic N) is 1. The van der Waals surface area contributed by atoms with Crippen LogP contribution in [0.5, 0.6) is 11.5 Å². The Bertz CT molecular complexity index is 810. The first-order chi connectivity index (χ1) is 14.2. The number of carbonyl (C=O) groups excluding carboxylic acids is 1. The summed E-state index contributed by atoms with van der Waals surface area (Å²) < 4.78 is 16.2. The van der Waals surface area contributed by atoms with Gasteiger partial charge in [-0.1, -0.05) is 24.3 Å². The van der Waals surface area contributed by atoms with Gasteiger partial charge in [-0.15, -0.1) is 0 Å². The SMILES string of the molecule is COc1ccc(C2(NCc3ccc(OCC(=O)N4CCOCC4)cc3)CC2)cc1. The maximum Gasteiger partial charge on any atom is 0.260 e. The van der Waals surface area contributed by atoms with Crippen LogP contribution in [0.4, 0.5) is 0 Å². The normalized spacial score (nSPS) is 17.6. The highest BCUT2D eigenvalue weighted by molar-refractivity contribution is 5.77. The predicted octanol–water partition coefficient (Wildman–Crippen LogP) is 2.71. The molecule has 2 aromatic rings. The Labute approximate surface area is 171 Å². The Morgan fingerprint density at radius 3 is 2.31 bits per heavy atom. The molecule has 1 aliphatic carbocycles. The minimum absolute atomic E-state index is 0.00853. The van der Waals surface area contributed by atoms with Crippen LogP contribution in [0.1, 0.15) is 24.0 Å². The van der Waals surface area contributed by atoms with E-state index in [1.165, 1.54) is 11.1 Å². The van der Waals surface area contributed by atoms with Crippen LogP contribution in [0.25, 0.3) is 0 Å². The summed E-state index contributed by atoms with van der Waals surface area (Å²) in [5, 5.41) is 3.70. The van der Waals surface area contributed by atoms with Crippen LogP contribution in [-0.2, 0) is 21.6 Å². The van der Waals surface area contributed by atoms with Crippen molar-refractivity contribution < 1.29 is 19.0 Å². The zero-order valence-corrected chi connectivity index (χ0v) is 16.9. The Morgan fingerprint density at radius 2 is 1.69 bits per heavy atom. The lowest BCUT2D eigenvalue weighted by atomic mass is 10.0. The smallest absolute Gasteiger partial charge is 0.260 e. The van der Waals surface area contributed by atoms with Crippen molar-refractivity contribution in [3.63, 3.8) is 0 Å². The van der Waals surface area contributed by atoms with Gasteiger partial charge >= 0.3 is 0 Å². The van der Waals surface area contributed by atoms with Gasteiger partial charge in [-0.3, -0.25) is 4.79 Å². The standard InChI is InChI=1S/C23H28N2O4/c1-27-20-8-4-19(5-9-20)23(10-11-23)24-16-18-2-6-21(7-3-18)29-17-22(26)25-12-14-28-15-13-25/h2-9,24H,10-17H2,1H3. The monoisotopic (exact) mass is 396 g/mol. The fourth-order valence-electron chi connectivity index (χ4n) is 3.63. The van der Waals surface area contributed by atoms with E-state index >= 15 is 0 Å². The van der Waals surface area contributed by atoms with Gasteiger partial charge in [-0.05, 0) is 48.2 Å². The van der Waals surface area contributed by atoms with Gasteiger partial charge in [-0.2, -0.15) is 0 Å². The van der Waals surface area contributed by atoms with Gasteiger partial charge in [0.2, 0.25) is 0 Å². The lowest BCUT2D eigenvalue weighted by Crippen LogP contribution is -2.42. The molecule has 6 heteroatoms. The first kappa shape index (κ1) is 19.7. The molecular weight excluding hydrogens is 368 g/mol. The van der Waals surface area contributed by atoms with Crippen LogP contribution >= 0.6 is 0 Å². The van der Waals surface area contributed by atoms with E-state index in [-0.39, 0.29) is 18.1 Å². The number of hydrogen-bond donors (Lipinski definition) is 1. The van der Waals surface area contributed by atoms with Crippen LogP contribution in [0.15, 0.2) is 48.5 Å². The van der Waals surface area contributed by atoms with E-state index in [4.69, 9.17) is 14.2 Å². The third-order valence-corrected chi connectivity index (χ3v) is 5.67. The van der Waals surface area contributed by atoms with Crippen LogP contribution in [0.2, 0.25) is 0 Å². The van der Waals surface area contributed by atoms with Crippen molar-refractivity contribution in [1.82, 2.24) is 10.2 Å². The van der Waals surface area contributed by atoms with E-state index in [0.717, 1.165) is 25.1 Å².